The van der Waals surface area contributed by atoms with Gasteiger partial charge in [0.1, 0.15) is 24.7 Å². The molecule has 0 bridgehead atoms. The standard InChI is InChI=1S/C19H18N4O/c1-23(12-14-7-3-2-4-8-14)13-18(24)15(11-20)19-21-16-9-5-6-10-17(16)22-19/h2-10,24H,12-13H2,1H3,(H,21,22)/p+1/b18-15-. The van der Waals surface area contributed by atoms with E-state index in [9.17, 15) is 10.4 Å². The number of hydrogen-bond acceptors (Lipinski definition) is 3. The Bertz CT molecular complexity index is 873. The summed E-state index contributed by atoms with van der Waals surface area (Å²) >= 11 is 0. The molecule has 24 heavy (non-hydrogen) atoms. The predicted octanol–water partition coefficient (Wildman–Crippen LogP) is 2.07. The summed E-state index contributed by atoms with van der Waals surface area (Å²) in [7, 11) is 1.98. The first-order valence-electron chi connectivity index (χ1n) is 7.80. The van der Waals surface area contributed by atoms with Crippen molar-refractivity contribution in [3.8, 4) is 6.07 Å². The van der Waals surface area contributed by atoms with E-state index in [4.69, 9.17) is 0 Å². The molecule has 0 saturated heterocycles. The van der Waals surface area contributed by atoms with Gasteiger partial charge in [-0.25, -0.2) is 4.98 Å². The fourth-order valence-corrected chi connectivity index (χ4v) is 2.71. The number of hydrogen-bond donors (Lipinski definition) is 3. The number of nitriles is 1. The second-order valence-electron chi connectivity index (χ2n) is 5.83. The Kier molecular flexibility index (Phi) is 4.59. The van der Waals surface area contributed by atoms with Gasteiger partial charge in [-0.3, -0.25) is 0 Å². The smallest absolute Gasteiger partial charge is 0.169 e. The fraction of sp³-hybridized carbons (Fsp3) is 0.158. The van der Waals surface area contributed by atoms with Crippen molar-refractivity contribution < 1.29 is 10.0 Å². The molecule has 1 atom stereocenters. The predicted molar refractivity (Wildman–Crippen MR) is 93.2 cm³/mol. The Balaban J connectivity index is 1.81. The number of benzene rings is 2. The van der Waals surface area contributed by atoms with Crippen LogP contribution in [0.4, 0.5) is 0 Å². The maximum absolute atomic E-state index is 10.4. The van der Waals surface area contributed by atoms with Crippen LogP contribution in [0.3, 0.4) is 0 Å². The van der Waals surface area contributed by atoms with Crippen molar-refractivity contribution in [2.45, 2.75) is 6.54 Å². The highest BCUT2D eigenvalue weighted by atomic mass is 16.3. The van der Waals surface area contributed by atoms with Crippen molar-refractivity contribution in [2.24, 2.45) is 0 Å². The molecule has 3 rings (SSSR count). The number of imidazole rings is 1. The molecule has 0 aliphatic carbocycles. The number of fused-ring (bicyclic) bond motifs is 1. The third kappa shape index (κ3) is 3.45. The van der Waals surface area contributed by atoms with Crippen molar-refractivity contribution in [1.82, 2.24) is 9.97 Å². The van der Waals surface area contributed by atoms with Crippen LogP contribution in [0.2, 0.25) is 0 Å². The molecule has 0 fully saturated rings. The third-order valence-electron chi connectivity index (χ3n) is 3.84. The van der Waals surface area contributed by atoms with Crippen molar-refractivity contribution in [1.29, 1.82) is 5.26 Å². The van der Waals surface area contributed by atoms with Crippen LogP contribution in [0.1, 0.15) is 11.4 Å². The molecule has 120 valence electrons. The quantitative estimate of drug-likeness (QED) is 0.498. The lowest BCUT2D eigenvalue weighted by atomic mass is 10.2. The first-order valence-corrected chi connectivity index (χ1v) is 7.80. The summed E-state index contributed by atoms with van der Waals surface area (Å²) in [6.45, 7) is 1.12. The van der Waals surface area contributed by atoms with E-state index in [1.807, 2.05) is 49.5 Å². The van der Waals surface area contributed by atoms with Crippen molar-refractivity contribution in [3.05, 3.63) is 71.7 Å². The van der Waals surface area contributed by atoms with Gasteiger partial charge in [-0.1, -0.05) is 42.5 Å². The molecule has 5 nitrogen and oxygen atoms in total. The molecular weight excluding hydrogens is 300 g/mol. The number of H-pyrrole nitrogens is 1. The molecule has 1 heterocycles. The summed E-state index contributed by atoms with van der Waals surface area (Å²) in [4.78, 5) is 8.57. The van der Waals surface area contributed by atoms with E-state index in [0.29, 0.717) is 12.4 Å². The summed E-state index contributed by atoms with van der Waals surface area (Å²) in [5, 5.41) is 19.9. The van der Waals surface area contributed by atoms with E-state index in [1.54, 1.807) is 0 Å². The van der Waals surface area contributed by atoms with Crippen molar-refractivity contribution >= 4 is 16.6 Å². The summed E-state index contributed by atoms with van der Waals surface area (Å²) in [5.74, 6) is 0.452. The van der Waals surface area contributed by atoms with Crippen LogP contribution in [-0.4, -0.2) is 28.7 Å². The van der Waals surface area contributed by atoms with Crippen LogP contribution >= 0.6 is 0 Å². The molecule has 0 spiro atoms. The lowest BCUT2D eigenvalue weighted by Crippen LogP contribution is -3.07. The zero-order valence-electron chi connectivity index (χ0n) is 13.5. The molecule has 1 unspecified atom stereocenters. The minimum absolute atomic E-state index is 0.0463. The van der Waals surface area contributed by atoms with Gasteiger partial charge in [-0.15, -0.1) is 0 Å². The zero-order chi connectivity index (χ0) is 16.9. The lowest BCUT2D eigenvalue weighted by Gasteiger charge is -2.14. The Morgan fingerprint density at radius 3 is 2.58 bits per heavy atom. The van der Waals surface area contributed by atoms with E-state index in [0.717, 1.165) is 22.5 Å². The average Bonchev–Trinajstić information content (AvgIpc) is 2.99. The first kappa shape index (κ1) is 15.8. The number of nitrogens with zero attached hydrogens (tertiary/aromatic N) is 2. The number of likely N-dealkylation sites (N-methyl/N-ethyl adjacent to an activating group) is 1. The normalized spacial score (nSPS) is 13.3. The summed E-state index contributed by atoms with van der Waals surface area (Å²) in [5.41, 5.74) is 3.00. The number of aliphatic hydroxyl groups excluding tert-OH is 1. The monoisotopic (exact) mass is 319 g/mol. The van der Waals surface area contributed by atoms with Crippen LogP contribution in [0.5, 0.6) is 0 Å². The van der Waals surface area contributed by atoms with Gasteiger partial charge < -0.3 is 15.0 Å². The highest BCUT2D eigenvalue weighted by molar-refractivity contribution is 5.82. The largest absolute Gasteiger partial charge is 0.506 e. The number of allylic oxidation sites excluding steroid dienone is 1. The van der Waals surface area contributed by atoms with Crippen LogP contribution < -0.4 is 4.90 Å². The van der Waals surface area contributed by atoms with Gasteiger partial charge in [0, 0.05) is 5.56 Å². The Hall–Kier alpha value is -3.10. The molecule has 5 heteroatoms. The van der Waals surface area contributed by atoms with Gasteiger partial charge in [0.05, 0.1) is 18.1 Å². The van der Waals surface area contributed by atoms with E-state index in [2.05, 4.69) is 28.2 Å². The number of para-hydroxylation sites is 2. The molecule has 0 saturated carbocycles. The number of aliphatic hydroxyl groups is 1. The van der Waals surface area contributed by atoms with Gasteiger partial charge in [0.2, 0.25) is 0 Å². The minimum atomic E-state index is 0.0463. The topological polar surface area (TPSA) is 77.1 Å². The number of aromatic amines is 1. The van der Waals surface area contributed by atoms with Gasteiger partial charge in [0.25, 0.3) is 0 Å². The molecule has 0 radical (unpaired) electrons. The maximum atomic E-state index is 10.4. The second-order valence-corrected chi connectivity index (χ2v) is 5.83. The van der Waals surface area contributed by atoms with Crippen LogP contribution in [-0.2, 0) is 6.54 Å². The molecule has 3 aromatic rings. The van der Waals surface area contributed by atoms with E-state index in [-0.39, 0.29) is 11.3 Å². The molecule has 3 N–H and O–H groups in total. The minimum Gasteiger partial charge on any atom is -0.506 e. The number of nitrogens with one attached hydrogen (secondary N) is 2. The second kappa shape index (κ2) is 6.99. The van der Waals surface area contributed by atoms with E-state index >= 15 is 0 Å². The Labute approximate surface area is 140 Å². The first-order chi connectivity index (χ1) is 11.7. The molecular formula is C19H19N4O+. The Morgan fingerprint density at radius 1 is 1.17 bits per heavy atom. The Morgan fingerprint density at radius 2 is 1.88 bits per heavy atom. The SMILES string of the molecule is C[NH+](C/C(O)=C(\C#N)c1nc2ccccc2[nH]1)Cc1ccccc1. The number of quaternary nitrogens is 1. The van der Waals surface area contributed by atoms with Crippen LogP contribution in [0.25, 0.3) is 16.6 Å². The highest BCUT2D eigenvalue weighted by Crippen LogP contribution is 2.18. The van der Waals surface area contributed by atoms with E-state index < -0.39 is 0 Å². The molecule has 0 aliphatic rings. The lowest BCUT2D eigenvalue weighted by molar-refractivity contribution is -0.890. The van der Waals surface area contributed by atoms with Crippen LogP contribution in [0, 0.1) is 11.3 Å². The molecule has 1 aromatic heterocycles. The molecule has 0 aliphatic heterocycles. The fourth-order valence-electron chi connectivity index (χ4n) is 2.71. The zero-order valence-corrected chi connectivity index (χ0v) is 13.5. The van der Waals surface area contributed by atoms with Gasteiger partial charge in [0.15, 0.2) is 11.6 Å². The molecule has 0 amide bonds. The van der Waals surface area contributed by atoms with Crippen molar-refractivity contribution in [2.75, 3.05) is 13.6 Å². The number of rotatable bonds is 5. The maximum Gasteiger partial charge on any atom is 0.169 e. The molecule has 2 aromatic carbocycles. The summed E-state index contributed by atoms with van der Waals surface area (Å²) < 4.78 is 0. The summed E-state index contributed by atoms with van der Waals surface area (Å²) in [6, 6.07) is 19.7. The third-order valence-corrected chi connectivity index (χ3v) is 3.84. The number of aromatic nitrogens is 2. The highest BCUT2D eigenvalue weighted by Gasteiger charge is 2.16. The van der Waals surface area contributed by atoms with Gasteiger partial charge in [-0.2, -0.15) is 5.26 Å². The van der Waals surface area contributed by atoms with Crippen molar-refractivity contribution in [3.63, 3.8) is 0 Å². The van der Waals surface area contributed by atoms with Gasteiger partial charge in [-0.05, 0) is 12.1 Å². The van der Waals surface area contributed by atoms with Gasteiger partial charge >= 0.3 is 0 Å². The van der Waals surface area contributed by atoms with E-state index in [1.165, 1.54) is 5.56 Å². The summed E-state index contributed by atoms with van der Waals surface area (Å²) in [6.07, 6.45) is 0. The van der Waals surface area contributed by atoms with Crippen LogP contribution in [0.15, 0.2) is 60.4 Å². The average molecular weight is 319 g/mol.